The molecule has 120 valence electrons. The minimum absolute atomic E-state index is 0.0287. The minimum Gasteiger partial charge on any atom is -0.493 e. The number of nitrogens with two attached hydrogens (primary N) is 1. The van der Waals surface area contributed by atoms with Crippen LogP contribution in [0.3, 0.4) is 0 Å². The van der Waals surface area contributed by atoms with Gasteiger partial charge < -0.3 is 15.2 Å². The van der Waals surface area contributed by atoms with E-state index in [9.17, 15) is 8.78 Å². The molecule has 0 radical (unpaired) electrons. The third-order valence-corrected chi connectivity index (χ3v) is 3.79. The van der Waals surface area contributed by atoms with Gasteiger partial charge in [0.15, 0.2) is 11.5 Å². The summed E-state index contributed by atoms with van der Waals surface area (Å²) < 4.78 is 34.5. The minimum atomic E-state index is -2.89. The van der Waals surface area contributed by atoms with Crippen molar-refractivity contribution >= 4 is 0 Å². The van der Waals surface area contributed by atoms with Crippen molar-refractivity contribution in [3.8, 4) is 11.5 Å². The van der Waals surface area contributed by atoms with Crippen LogP contribution in [0.15, 0.2) is 18.2 Å². The van der Waals surface area contributed by atoms with Gasteiger partial charge in [0, 0.05) is 18.6 Å². The highest BCUT2D eigenvalue weighted by molar-refractivity contribution is 5.44. The summed E-state index contributed by atoms with van der Waals surface area (Å²) >= 11 is 0. The van der Waals surface area contributed by atoms with Crippen LogP contribution in [0.25, 0.3) is 0 Å². The average Bonchev–Trinajstić information content (AvgIpc) is 2.46. The van der Waals surface area contributed by atoms with Crippen LogP contribution in [0.1, 0.15) is 31.9 Å². The Hall–Kier alpha value is -1.40. The molecular weight excluding hydrogens is 278 g/mol. The molecule has 1 aromatic carbocycles. The van der Waals surface area contributed by atoms with E-state index in [-0.39, 0.29) is 17.5 Å². The molecule has 0 aliphatic heterocycles. The van der Waals surface area contributed by atoms with Gasteiger partial charge in [-0.25, -0.2) is 0 Å². The first-order valence-corrected chi connectivity index (χ1v) is 6.99. The Morgan fingerprint density at radius 3 is 2.43 bits per heavy atom. The van der Waals surface area contributed by atoms with Crippen molar-refractivity contribution in [1.29, 1.82) is 0 Å². The second kappa shape index (κ2) is 8.14. The fourth-order valence-corrected chi connectivity index (χ4v) is 2.22. The maximum absolute atomic E-state index is 12.5. The van der Waals surface area contributed by atoms with Gasteiger partial charge in [0.25, 0.3) is 0 Å². The third-order valence-electron chi connectivity index (χ3n) is 3.79. The lowest BCUT2D eigenvalue weighted by molar-refractivity contribution is -0.0513. The van der Waals surface area contributed by atoms with E-state index in [2.05, 4.69) is 23.5 Å². The molecule has 0 aliphatic rings. The molecule has 6 heteroatoms. The zero-order valence-corrected chi connectivity index (χ0v) is 13.0. The van der Waals surface area contributed by atoms with Crippen molar-refractivity contribution in [2.75, 3.05) is 20.7 Å². The molecule has 0 aromatic heterocycles. The lowest BCUT2D eigenvalue weighted by Gasteiger charge is -2.32. The molecule has 0 fully saturated rings. The molecule has 0 saturated heterocycles. The molecular formula is C15H24F2N2O2. The highest BCUT2D eigenvalue weighted by Gasteiger charge is 2.21. The summed E-state index contributed by atoms with van der Waals surface area (Å²) in [5, 5.41) is 0. The number of benzene rings is 1. The Morgan fingerprint density at radius 1 is 1.29 bits per heavy atom. The van der Waals surface area contributed by atoms with E-state index in [1.54, 1.807) is 12.1 Å². The average molecular weight is 302 g/mol. The van der Waals surface area contributed by atoms with Crippen LogP contribution in [-0.2, 0) is 0 Å². The number of methoxy groups -OCH3 is 1. The molecule has 0 spiro atoms. The van der Waals surface area contributed by atoms with Gasteiger partial charge in [0.05, 0.1) is 7.11 Å². The number of ether oxygens (including phenoxy) is 2. The normalized spacial score (nSPS) is 14.3. The number of rotatable bonds is 8. The van der Waals surface area contributed by atoms with Gasteiger partial charge in [-0.3, -0.25) is 4.90 Å². The summed E-state index contributed by atoms with van der Waals surface area (Å²) in [7, 11) is 3.39. The van der Waals surface area contributed by atoms with Gasteiger partial charge in [-0.2, -0.15) is 8.78 Å². The summed E-state index contributed by atoms with van der Waals surface area (Å²) in [5.74, 6) is 0.307. The van der Waals surface area contributed by atoms with E-state index < -0.39 is 6.61 Å². The van der Waals surface area contributed by atoms with Crippen LogP contribution < -0.4 is 15.2 Å². The molecule has 2 N–H and O–H groups in total. The molecule has 2 unspecified atom stereocenters. The van der Waals surface area contributed by atoms with Crippen LogP contribution in [0.2, 0.25) is 0 Å². The molecule has 0 aliphatic carbocycles. The van der Waals surface area contributed by atoms with Crippen molar-refractivity contribution in [2.45, 2.75) is 39.0 Å². The van der Waals surface area contributed by atoms with E-state index in [0.717, 1.165) is 12.0 Å². The smallest absolute Gasteiger partial charge is 0.387 e. The molecule has 0 bridgehead atoms. The largest absolute Gasteiger partial charge is 0.493 e. The lowest BCUT2D eigenvalue weighted by Crippen LogP contribution is -2.36. The molecule has 1 rings (SSSR count). The first kappa shape index (κ1) is 17.7. The highest BCUT2D eigenvalue weighted by Crippen LogP contribution is 2.33. The van der Waals surface area contributed by atoms with Gasteiger partial charge in [-0.05, 0) is 38.1 Å². The number of hydrogen-bond acceptors (Lipinski definition) is 4. The quantitative estimate of drug-likeness (QED) is 0.802. The van der Waals surface area contributed by atoms with Gasteiger partial charge in [-0.15, -0.1) is 0 Å². The van der Waals surface area contributed by atoms with E-state index in [0.29, 0.717) is 12.6 Å². The zero-order valence-electron chi connectivity index (χ0n) is 13.0. The van der Waals surface area contributed by atoms with Crippen molar-refractivity contribution in [3.63, 3.8) is 0 Å². The maximum Gasteiger partial charge on any atom is 0.387 e. The monoisotopic (exact) mass is 302 g/mol. The van der Waals surface area contributed by atoms with Crippen LogP contribution in [0.4, 0.5) is 8.78 Å². The number of nitrogens with zero attached hydrogens (tertiary/aromatic N) is 1. The summed E-state index contributed by atoms with van der Waals surface area (Å²) in [6, 6.07) is 5.29. The second-order valence-corrected chi connectivity index (χ2v) is 4.96. The van der Waals surface area contributed by atoms with Crippen molar-refractivity contribution < 1.29 is 18.3 Å². The summed E-state index contributed by atoms with van der Waals surface area (Å²) in [4.78, 5) is 2.13. The highest BCUT2D eigenvalue weighted by atomic mass is 19.3. The topological polar surface area (TPSA) is 47.7 Å². The lowest BCUT2D eigenvalue weighted by atomic mass is 10.0. The van der Waals surface area contributed by atoms with E-state index in [4.69, 9.17) is 10.5 Å². The Balaban J connectivity index is 3.10. The van der Waals surface area contributed by atoms with Crippen LogP contribution in [-0.4, -0.2) is 38.3 Å². The fourth-order valence-electron chi connectivity index (χ4n) is 2.22. The van der Waals surface area contributed by atoms with E-state index in [1.807, 2.05) is 13.1 Å². The second-order valence-electron chi connectivity index (χ2n) is 4.96. The standard InChI is InChI=1S/C15H24F2N2O2/c1-5-10(2)19(3)12(9-18)11-6-7-13(20-4)14(8-11)21-15(16)17/h6-8,10,12,15H,5,9,18H2,1-4H3. The summed E-state index contributed by atoms with van der Waals surface area (Å²) in [6.45, 7) is 1.69. The fraction of sp³-hybridized carbons (Fsp3) is 0.600. The summed E-state index contributed by atoms with van der Waals surface area (Å²) in [6.07, 6.45) is 0.976. The molecule has 2 atom stereocenters. The van der Waals surface area contributed by atoms with Crippen LogP contribution in [0.5, 0.6) is 11.5 Å². The molecule has 0 saturated carbocycles. The number of likely N-dealkylation sites (N-methyl/N-ethyl adjacent to an activating group) is 1. The van der Waals surface area contributed by atoms with E-state index >= 15 is 0 Å². The SMILES string of the molecule is CCC(C)N(C)C(CN)c1ccc(OC)c(OC(F)F)c1. The Morgan fingerprint density at radius 2 is 1.95 bits per heavy atom. The maximum atomic E-state index is 12.5. The van der Waals surface area contributed by atoms with E-state index in [1.165, 1.54) is 7.11 Å². The molecule has 0 amide bonds. The summed E-state index contributed by atoms with van der Waals surface area (Å²) in [5.41, 5.74) is 6.69. The molecule has 1 aromatic rings. The predicted octanol–water partition coefficient (Wildman–Crippen LogP) is 3.03. The van der Waals surface area contributed by atoms with Crippen molar-refractivity contribution in [2.24, 2.45) is 5.73 Å². The number of alkyl halides is 2. The van der Waals surface area contributed by atoms with Gasteiger partial charge in [0.2, 0.25) is 0 Å². The number of hydrogen-bond donors (Lipinski definition) is 1. The number of halogens is 2. The van der Waals surface area contributed by atoms with Crippen LogP contribution >= 0.6 is 0 Å². The third kappa shape index (κ3) is 4.54. The molecule has 0 heterocycles. The van der Waals surface area contributed by atoms with Gasteiger partial charge in [-0.1, -0.05) is 13.0 Å². The van der Waals surface area contributed by atoms with Crippen molar-refractivity contribution in [1.82, 2.24) is 4.90 Å². The Bertz CT molecular complexity index is 444. The first-order valence-electron chi connectivity index (χ1n) is 6.99. The molecule has 4 nitrogen and oxygen atoms in total. The van der Waals surface area contributed by atoms with Crippen LogP contribution in [0, 0.1) is 0 Å². The molecule has 21 heavy (non-hydrogen) atoms. The van der Waals surface area contributed by atoms with Gasteiger partial charge >= 0.3 is 6.61 Å². The van der Waals surface area contributed by atoms with Gasteiger partial charge in [0.1, 0.15) is 0 Å². The Kier molecular flexibility index (Phi) is 6.84. The van der Waals surface area contributed by atoms with Crippen molar-refractivity contribution in [3.05, 3.63) is 23.8 Å². The zero-order chi connectivity index (χ0) is 16.0. The first-order chi connectivity index (χ1) is 9.94. The predicted molar refractivity (Wildman–Crippen MR) is 78.9 cm³/mol. The Labute approximate surface area is 124 Å².